The Morgan fingerprint density at radius 1 is 0.431 bits per heavy atom. The zero-order valence-corrected chi connectivity index (χ0v) is 29.5. The van der Waals surface area contributed by atoms with E-state index in [-0.39, 0.29) is 5.41 Å². The molecule has 0 aromatic heterocycles. The van der Waals surface area contributed by atoms with Crippen LogP contribution in [0, 0.1) is 0 Å². The molecule has 0 fully saturated rings. The van der Waals surface area contributed by atoms with Gasteiger partial charge in [-0.15, -0.1) is 0 Å². The Bertz CT molecular complexity index is 1890. The molecular formula is C45H42N2O4. The van der Waals surface area contributed by atoms with E-state index >= 15 is 0 Å². The van der Waals surface area contributed by atoms with Gasteiger partial charge in [0.2, 0.25) is 11.8 Å². The van der Waals surface area contributed by atoms with Gasteiger partial charge in [-0.2, -0.15) is 0 Å². The summed E-state index contributed by atoms with van der Waals surface area (Å²) >= 11 is 0. The predicted molar refractivity (Wildman–Crippen MR) is 207 cm³/mol. The van der Waals surface area contributed by atoms with Crippen LogP contribution in [0.4, 0.5) is 11.4 Å². The van der Waals surface area contributed by atoms with Crippen molar-refractivity contribution in [3.8, 4) is 23.0 Å². The van der Waals surface area contributed by atoms with Crippen LogP contribution in [0.1, 0.15) is 49.9 Å². The van der Waals surface area contributed by atoms with E-state index in [1.807, 2.05) is 147 Å². The van der Waals surface area contributed by atoms with E-state index in [2.05, 4.69) is 38.1 Å². The Balaban J connectivity index is 1.07. The molecule has 0 amide bonds. The highest BCUT2D eigenvalue weighted by Gasteiger charge is 2.23. The molecule has 6 heteroatoms. The maximum atomic E-state index is 6.16. The molecule has 0 spiro atoms. The summed E-state index contributed by atoms with van der Waals surface area (Å²) in [5, 5.41) is 0. The molecule has 0 heterocycles. The molecule has 0 aliphatic carbocycles. The van der Waals surface area contributed by atoms with Crippen LogP contribution < -0.4 is 9.47 Å². The number of rotatable bonds is 12. The molecule has 0 radical (unpaired) electrons. The second-order valence-electron chi connectivity index (χ2n) is 12.3. The average molecular weight is 675 g/mol. The molecule has 6 aromatic carbocycles. The fourth-order valence-electron chi connectivity index (χ4n) is 5.53. The Kier molecular flexibility index (Phi) is 11.2. The molecule has 6 aromatic rings. The molecule has 0 unspecified atom stereocenters. The molecule has 6 rings (SSSR count). The molecule has 6 nitrogen and oxygen atoms in total. The summed E-state index contributed by atoms with van der Waals surface area (Å²) in [6, 6.07) is 51.7. The number of hydrogen-bond acceptors (Lipinski definition) is 6. The first-order chi connectivity index (χ1) is 24.9. The monoisotopic (exact) mass is 674 g/mol. The predicted octanol–water partition coefficient (Wildman–Crippen LogP) is 11.8. The van der Waals surface area contributed by atoms with Crippen LogP contribution in [0.3, 0.4) is 0 Å². The number of benzene rings is 6. The third-order valence-corrected chi connectivity index (χ3v) is 8.36. The normalized spacial score (nSPS) is 11.9. The summed E-state index contributed by atoms with van der Waals surface area (Å²) in [6.07, 6.45) is 0. The van der Waals surface area contributed by atoms with E-state index in [1.54, 1.807) is 0 Å². The van der Waals surface area contributed by atoms with Crippen molar-refractivity contribution in [2.75, 3.05) is 13.2 Å². The highest BCUT2D eigenvalue weighted by molar-refractivity contribution is 5.96. The lowest BCUT2D eigenvalue weighted by Crippen LogP contribution is -2.18. The summed E-state index contributed by atoms with van der Waals surface area (Å²) < 4.78 is 23.9. The fraction of sp³-hybridized carbons (Fsp3) is 0.156. The zero-order chi connectivity index (χ0) is 35.5. The zero-order valence-electron chi connectivity index (χ0n) is 29.5. The maximum absolute atomic E-state index is 6.16. The minimum Gasteiger partial charge on any atom is -0.478 e. The van der Waals surface area contributed by atoms with Crippen molar-refractivity contribution < 1.29 is 18.9 Å². The van der Waals surface area contributed by atoms with Crippen molar-refractivity contribution in [2.45, 2.75) is 33.1 Å². The first kappa shape index (κ1) is 34.7. The number of aliphatic imine (C=N–C) groups is 2. The van der Waals surface area contributed by atoms with Crippen molar-refractivity contribution in [1.29, 1.82) is 0 Å². The Hall–Kier alpha value is -6.14. The van der Waals surface area contributed by atoms with Gasteiger partial charge >= 0.3 is 0 Å². The molecule has 0 aliphatic heterocycles. The van der Waals surface area contributed by atoms with E-state index in [0.29, 0.717) is 25.0 Å². The maximum Gasteiger partial charge on any atom is 0.221 e. The van der Waals surface area contributed by atoms with Gasteiger partial charge in [-0.3, -0.25) is 0 Å². The van der Waals surface area contributed by atoms with E-state index in [0.717, 1.165) is 45.5 Å². The van der Waals surface area contributed by atoms with Gasteiger partial charge in [-0.05, 0) is 122 Å². The van der Waals surface area contributed by atoms with Crippen molar-refractivity contribution in [2.24, 2.45) is 9.98 Å². The highest BCUT2D eigenvalue weighted by Crippen LogP contribution is 2.35. The van der Waals surface area contributed by atoms with Crippen molar-refractivity contribution in [3.63, 3.8) is 0 Å². The van der Waals surface area contributed by atoms with Crippen molar-refractivity contribution in [3.05, 3.63) is 180 Å². The van der Waals surface area contributed by atoms with E-state index in [1.165, 1.54) is 11.1 Å². The molecule has 0 bridgehead atoms. The van der Waals surface area contributed by atoms with Gasteiger partial charge in [-0.1, -0.05) is 74.5 Å². The second-order valence-corrected chi connectivity index (χ2v) is 12.3. The molecule has 0 saturated carbocycles. The lowest BCUT2D eigenvalue weighted by molar-refractivity contribution is 0.328. The summed E-state index contributed by atoms with van der Waals surface area (Å²) in [5.41, 5.74) is 5.59. The lowest BCUT2D eigenvalue weighted by Gasteiger charge is -2.26. The minimum absolute atomic E-state index is 0.232. The molecule has 0 atom stereocenters. The van der Waals surface area contributed by atoms with Gasteiger partial charge in [0.15, 0.2) is 0 Å². The summed E-state index contributed by atoms with van der Waals surface area (Å²) in [6.45, 7) is 9.43. The van der Waals surface area contributed by atoms with E-state index in [4.69, 9.17) is 28.9 Å². The highest BCUT2D eigenvalue weighted by atomic mass is 16.5. The molecule has 256 valence electrons. The Labute approximate surface area is 300 Å². The average Bonchev–Trinajstić information content (AvgIpc) is 3.17. The van der Waals surface area contributed by atoms with Gasteiger partial charge in [0.1, 0.15) is 23.0 Å². The second kappa shape index (κ2) is 16.5. The Morgan fingerprint density at radius 2 is 0.745 bits per heavy atom. The largest absolute Gasteiger partial charge is 0.478 e. The molecule has 0 N–H and O–H groups in total. The van der Waals surface area contributed by atoms with Crippen LogP contribution in [-0.4, -0.2) is 25.0 Å². The standard InChI is InChI=1S/C45H42N2O4/c1-5-48-43(33-13-9-7-10-14-33)46-37-21-29-41(30-22-37)50-39-25-17-35(18-26-39)45(3,4)36-19-27-40(28-20-36)51-42-31-23-38(24-32-42)47-44(49-6-2)34-15-11-8-12-16-34/h7-32H,5-6H2,1-4H3. The first-order valence-electron chi connectivity index (χ1n) is 17.2. The van der Waals surface area contributed by atoms with Gasteiger partial charge in [0.05, 0.1) is 24.6 Å². The SMILES string of the molecule is CCOC(=Nc1ccc(Oc2ccc(C(C)(C)c3ccc(Oc4ccc(N=C(OCC)c5ccccc5)cc4)cc3)cc2)cc1)c1ccccc1. The third kappa shape index (κ3) is 9.11. The summed E-state index contributed by atoms with van der Waals surface area (Å²) in [7, 11) is 0. The van der Waals surface area contributed by atoms with Crippen LogP contribution in [0.15, 0.2) is 168 Å². The topological polar surface area (TPSA) is 61.6 Å². The van der Waals surface area contributed by atoms with Gasteiger partial charge in [0.25, 0.3) is 0 Å². The van der Waals surface area contributed by atoms with Gasteiger partial charge < -0.3 is 18.9 Å². The summed E-state index contributed by atoms with van der Waals surface area (Å²) in [5.74, 6) is 4.19. The van der Waals surface area contributed by atoms with Crippen molar-refractivity contribution >= 4 is 23.2 Å². The van der Waals surface area contributed by atoms with E-state index in [9.17, 15) is 0 Å². The van der Waals surface area contributed by atoms with Crippen molar-refractivity contribution in [1.82, 2.24) is 0 Å². The first-order valence-corrected chi connectivity index (χ1v) is 17.2. The minimum atomic E-state index is -0.232. The summed E-state index contributed by atoms with van der Waals surface area (Å²) in [4.78, 5) is 9.42. The molecule has 0 saturated heterocycles. The smallest absolute Gasteiger partial charge is 0.221 e. The third-order valence-electron chi connectivity index (χ3n) is 8.36. The van der Waals surface area contributed by atoms with Crippen LogP contribution in [0.25, 0.3) is 0 Å². The number of nitrogens with zero attached hydrogens (tertiary/aromatic N) is 2. The van der Waals surface area contributed by atoms with Gasteiger partial charge in [0, 0.05) is 16.5 Å². The van der Waals surface area contributed by atoms with Crippen LogP contribution in [0.2, 0.25) is 0 Å². The molecular weight excluding hydrogens is 633 g/mol. The Morgan fingerprint density at radius 3 is 1.06 bits per heavy atom. The van der Waals surface area contributed by atoms with Crippen LogP contribution >= 0.6 is 0 Å². The molecule has 51 heavy (non-hydrogen) atoms. The van der Waals surface area contributed by atoms with E-state index < -0.39 is 0 Å². The number of ether oxygens (including phenoxy) is 4. The van der Waals surface area contributed by atoms with Crippen LogP contribution in [-0.2, 0) is 14.9 Å². The van der Waals surface area contributed by atoms with Gasteiger partial charge in [-0.25, -0.2) is 9.98 Å². The lowest BCUT2D eigenvalue weighted by atomic mass is 9.78. The quantitative estimate of drug-likeness (QED) is 0.0957. The molecule has 0 aliphatic rings. The number of hydrogen-bond donors (Lipinski definition) is 0. The fourth-order valence-corrected chi connectivity index (χ4v) is 5.53. The van der Waals surface area contributed by atoms with Crippen LogP contribution in [0.5, 0.6) is 23.0 Å².